The minimum atomic E-state index is -0.335. The van der Waals surface area contributed by atoms with E-state index in [9.17, 15) is 15.1 Å². The van der Waals surface area contributed by atoms with Gasteiger partial charge < -0.3 is 5.11 Å². The first kappa shape index (κ1) is 8.07. The molecule has 2 N–H and O–H groups in total. The number of hydrogen-bond donors (Lipinski definition) is 2. The van der Waals surface area contributed by atoms with E-state index in [4.69, 9.17) is 0 Å². The fourth-order valence-electron chi connectivity index (χ4n) is 1.49. The van der Waals surface area contributed by atoms with Crippen molar-refractivity contribution in [2.75, 3.05) is 5.06 Å². The van der Waals surface area contributed by atoms with E-state index in [1.165, 1.54) is 0 Å². The summed E-state index contributed by atoms with van der Waals surface area (Å²) in [5, 5.41) is 19.3. The Morgan fingerprint density at radius 3 is 2.85 bits per heavy atom. The van der Waals surface area contributed by atoms with Gasteiger partial charge in [0.1, 0.15) is 5.75 Å². The summed E-state index contributed by atoms with van der Waals surface area (Å²) >= 11 is 0. The first-order valence-corrected chi connectivity index (χ1v) is 4.03. The second kappa shape index (κ2) is 2.74. The Bertz CT molecular complexity index is 362. The van der Waals surface area contributed by atoms with E-state index < -0.39 is 0 Å². The van der Waals surface area contributed by atoms with Gasteiger partial charge in [-0.1, -0.05) is 6.07 Å². The predicted octanol–water partition coefficient (Wildman–Crippen LogP) is 1.06. The molecular weight excluding hydrogens is 170 g/mol. The smallest absolute Gasteiger partial charge is 0.251 e. The van der Waals surface area contributed by atoms with Crippen LogP contribution < -0.4 is 5.06 Å². The third-order valence-electron chi connectivity index (χ3n) is 2.18. The first-order valence-electron chi connectivity index (χ1n) is 4.03. The Hall–Kier alpha value is -1.55. The number of hydrogen-bond acceptors (Lipinski definition) is 3. The number of benzene rings is 1. The van der Waals surface area contributed by atoms with E-state index in [2.05, 4.69) is 0 Å². The van der Waals surface area contributed by atoms with Crippen LogP contribution in [0.15, 0.2) is 18.2 Å². The molecule has 68 valence electrons. The number of carbonyl (C=O) groups is 1. The van der Waals surface area contributed by atoms with Gasteiger partial charge >= 0.3 is 0 Å². The van der Waals surface area contributed by atoms with Gasteiger partial charge in [-0.25, -0.2) is 0 Å². The molecule has 1 aliphatic heterocycles. The summed E-state index contributed by atoms with van der Waals surface area (Å²) in [6.45, 7) is 0. The normalized spacial score (nSPS) is 15.8. The molecule has 1 aromatic carbocycles. The van der Waals surface area contributed by atoms with Crippen LogP contribution in [0.25, 0.3) is 0 Å². The van der Waals surface area contributed by atoms with Crippen LogP contribution in [-0.2, 0) is 11.2 Å². The second-order valence-electron chi connectivity index (χ2n) is 2.98. The summed E-state index contributed by atoms with van der Waals surface area (Å²) in [6.07, 6.45) is 0.721. The molecule has 0 aromatic heterocycles. The number of rotatable bonds is 0. The molecule has 1 aromatic rings. The van der Waals surface area contributed by atoms with E-state index in [0.29, 0.717) is 22.7 Å². The molecule has 13 heavy (non-hydrogen) atoms. The highest BCUT2D eigenvalue weighted by Gasteiger charge is 2.24. The lowest BCUT2D eigenvalue weighted by molar-refractivity contribution is -0.124. The Balaban J connectivity index is 2.55. The van der Waals surface area contributed by atoms with Crippen LogP contribution in [0.4, 0.5) is 5.69 Å². The number of phenolic OH excluding ortho intramolecular Hbond substituents is 1. The van der Waals surface area contributed by atoms with E-state index >= 15 is 0 Å². The van der Waals surface area contributed by atoms with E-state index in [0.717, 1.165) is 0 Å². The highest BCUT2D eigenvalue weighted by Crippen LogP contribution is 2.32. The number of hydroxylamine groups is 1. The number of amides is 1. The Labute approximate surface area is 75.0 Å². The van der Waals surface area contributed by atoms with Crippen LogP contribution in [0.5, 0.6) is 5.75 Å². The molecule has 1 heterocycles. The number of nitrogens with zero attached hydrogens (tertiary/aromatic N) is 1. The van der Waals surface area contributed by atoms with E-state index in [1.54, 1.807) is 18.2 Å². The largest absolute Gasteiger partial charge is 0.508 e. The SMILES string of the molecule is O=C1CCc2c(O)cccc2N1O. The van der Waals surface area contributed by atoms with E-state index in [1.807, 2.05) is 0 Å². The molecule has 0 unspecified atom stereocenters. The summed E-state index contributed by atoms with van der Waals surface area (Å²) < 4.78 is 0. The lowest BCUT2D eigenvalue weighted by atomic mass is 10.0. The minimum Gasteiger partial charge on any atom is -0.508 e. The van der Waals surface area contributed by atoms with Gasteiger partial charge in [0.2, 0.25) is 0 Å². The number of carbonyl (C=O) groups excluding carboxylic acids is 1. The highest BCUT2D eigenvalue weighted by molar-refractivity contribution is 5.94. The molecular formula is C9H9NO3. The molecule has 0 radical (unpaired) electrons. The molecule has 0 aliphatic carbocycles. The summed E-state index contributed by atoms with van der Waals surface area (Å²) in [6, 6.07) is 4.74. The van der Waals surface area contributed by atoms with Gasteiger partial charge in [0.05, 0.1) is 5.69 Å². The van der Waals surface area contributed by atoms with Crippen molar-refractivity contribution in [1.29, 1.82) is 0 Å². The molecule has 0 bridgehead atoms. The van der Waals surface area contributed by atoms with E-state index in [-0.39, 0.29) is 18.1 Å². The topological polar surface area (TPSA) is 60.8 Å². The number of aromatic hydroxyl groups is 1. The lowest BCUT2D eigenvalue weighted by Gasteiger charge is -2.23. The minimum absolute atomic E-state index is 0.129. The molecule has 0 spiro atoms. The Morgan fingerprint density at radius 1 is 1.31 bits per heavy atom. The number of fused-ring (bicyclic) bond motifs is 1. The van der Waals surface area contributed by atoms with Crippen molar-refractivity contribution in [3.05, 3.63) is 23.8 Å². The zero-order valence-electron chi connectivity index (χ0n) is 6.90. The van der Waals surface area contributed by atoms with Crippen molar-refractivity contribution in [2.45, 2.75) is 12.8 Å². The summed E-state index contributed by atoms with van der Waals surface area (Å²) in [4.78, 5) is 11.1. The maximum atomic E-state index is 11.1. The van der Waals surface area contributed by atoms with Gasteiger partial charge in [0.15, 0.2) is 0 Å². The quantitative estimate of drug-likeness (QED) is 0.585. The average Bonchev–Trinajstić information content (AvgIpc) is 2.12. The Morgan fingerprint density at radius 2 is 2.08 bits per heavy atom. The molecule has 0 fully saturated rings. The predicted molar refractivity (Wildman–Crippen MR) is 45.7 cm³/mol. The van der Waals surface area contributed by atoms with Crippen LogP contribution in [0.1, 0.15) is 12.0 Å². The molecule has 4 nitrogen and oxygen atoms in total. The third-order valence-corrected chi connectivity index (χ3v) is 2.18. The average molecular weight is 179 g/mol. The molecule has 0 saturated carbocycles. The van der Waals surface area contributed by atoms with Gasteiger partial charge in [0.25, 0.3) is 5.91 Å². The fraction of sp³-hybridized carbons (Fsp3) is 0.222. The third kappa shape index (κ3) is 1.15. The van der Waals surface area contributed by atoms with Crippen molar-refractivity contribution >= 4 is 11.6 Å². The lowest BCUT2D eigenvalue weighted by Crippen LogP contribution is -2.31. The van der Waals surface area contributed by atoms with Crippen LogP contribution >= 0.6 is 0 Å². The fourth-order valence-corrected chi connectivity index (χ4v) is 1.49. The van der Waals surface area contributed by atoms with Crippen LogP contribution in [0.2, 0.25) is 0 Å². The van der Waals surface area contributed by atoms with Crippen LogP contribution in [0, 0.1) is 0 Å². The molecule has 1 amide bonds. The van der Waals surface area contributed by atoms with Crippen molar-refractivity contribution in [3.63, 3.8) is 0 Å². The number of anilines is 1. The van der Waals surface area contributed by atoms with Gasteiger partial charge in [-0.2, -0.15) is 5.06 Å². The monoisotopic (exact) mass is 179 g/mol. The summed E-state index contributed by atoms with van der Waals surface area (Å²) in [5.74, 6) is -0.206. The Kier molecular flexibility index (Phi) is 1.70. The zero-order chi connectivity index (χ0) is 9.42. The first-order chi connectivity index (χ1) is 6.20. The van der Waals surface area contributed by atoms with Crippen molar-refractivity contribution in [3.8, 4) is 5.75 Å². The summed E-state index contributed by atoms with van der Waals surface area (Å²) in [7, 11) is 0. The van der Waals surface area contributed by atoms with Gasteiger partial charge in [-0.3, -0.25) is 10.0 Å². The highest BCUT2D eigenvalue weighted by atomic mass is 16.5. The van der Waals surface area contributed by atoms with Crippen LogP contribution in [0.3, 0.4) is 0 Å². The molecule has 1 aliphatic rings. The molecule has 4 heteroatoms. The molecule has 2 rings (SSSR count). The maximum absolute atomic E-state index is 11.1. The van der Waals surface area contributed by atoms with Gasteiger partial charge in [0, 0.05) is 12.0 Å². The molecule has 0 atom stereocenters. The maximum Gasteiger partial charge on any atom is 0.251 e. The molecule has 0 saturated heterocycles. The van der Waals surface area contributed by atoms with Crippen molar-refractivity contribution < 1.29 is 15.1 Å². The van der Waals surface area contributed by atoms with Gasteiger partial charge in [-0.15, -0.1) is 0 Å². The standard InChI is InChI=1S/C9H9NO3/c11-8-3-1-2-7-6(8)4-5-9(12)10(7)13/h1-3,11,13H,4-5H2. The summed E-state index contributed by atoms with van der Waals surface area (Å²) in [5.41, 5.74) is 1.01. The number of phenols is 1. The van der Waals surface area contributed by atoms with Crippen molar-refractivity contribution in [2.24, 2.45) is 0 Å². The zero-order valence-corrected chi connectivity index (χ0v) is 6.90. The van der Waals surface area contributed by atoms with Gasteiger partial charge in [-0.05, 0) is 18.6 Å². The van der Waals surface area contributed by atoms with Crippen LogP contribution in [-0.4, -0.2) is 16.2 Å². The van der Waals surface area contributed by atoms with Crippen molar-refractivity contribution in [1.82, 2.24) is 0 Å². The second-order valence-corrected chi connectivity index (χ2v) is 2.98.